The molecule has 3 atom stereocenters. The number of hydrogen-bond donors (Lipinski definition) is 1. The summed E-state index contributed by atoms with van der Waals surface area (Å²) in [4.78, 5) is 4.63. The first-order chi connectivity index (χ1) is 9.29. The average Bonchev–Trinajstić information content (AvgIpc) is 3.00. The molecule has 2 fully saturated rings. The van der Waals surface area contributed by atoms with Gasteiger partial charge in [-0.1, -0.05) is 12.8 Å². The zero-order valence-electron chi connectivity index (χ0n) is 10.7. The molecule has 0 bridgehead atoms. The highest BCUT2D eigenvalue weighted by atomic mass is 32.1. The van der Waals surface area contributed by atoms with Crippen LogP contribution in [0.25, 0.3) is 10.2 Å². The van der Waals surface area contributed by atoms with Crippen molar-refractivity contribution in [2.24, 2.45) is 5.92 Å². The Morgan fingerprint density at radius 1 is 1.26 bits per heavy atom. The molecule has 2 nitrogen and oxygen atoms in total. The SMILES string of the molecule is Fc1ccc2sc(C3CC4CCCCC4N3)nc2c1. The molecule has 1 saturated heterocycles. The van der Waals surface area contributed by atoms with E-state index in [1.54, 1.807) is 11.3 Å². The van der Waals surface area contributed by atoms with Crippen LogP contribution in [0.2, 0.25) is 0 Å². The van der Waals surface area contributed by atoms with E-state index >= 15 is 0 Å². The van der Waals surface area contributed by atoms with E-state index in [1.807, 2.05) is 6.07 Å². The van der Waals surface area contributed by atoms with E-state index in [4.69, 9.17) is 0 Å². The summed E-state index contributed by atoms with van der Waals surface area (Å²) in [7, 11) is 0. The Labute approximate surface area is 116 Å². The highest BCUT2D eigenvalue weighted by molar-refractivity contribution is 7.18. The zero-order chi connectivity index (χ0) is 12.8. The maximum Gasteiger partial charge on any atom is 0.125 e. The number of nitrogens with one attached hydrogen (secondary N) is 1. The maximum absolute atomic E-state index is 13.2. The standard InChI is InChI=1S/C15H17FN2S/c16-10-5-6-14-12(8-10)18-15(19-14)13-7-9-3-1-2-4-11(9)17-13/h5-6,8-9,11,13,17H,1-4,7H2. The monoisotopic (exact) mass is 276 g/mol. The van der Waals surface area contributed by atoms with Crippen molar-refractivity contribution in [3.05, 3.63) is 29.0 Å². The van der Waals surface area contributed by atoms with Crippen molar-refractivity contribution in [2.75, 3.05) is 0 Å². The lowest BCUT2D eigenvalue weighted by molar-refractivity contribution is 0.325. The largest absolute Gasteiger partial charge is 0.305 e. The second kappa shape index (κ2) is 4.53. The number of rotatable bonds is 1. The number of halogens is 1. The molecule has 1 N–H and O–H groups in total. The Kier molecular flexibility index (Phi) is 2.81. The third kappa shape index (κ3) is 2.07. The van der Waals surface area contributed by atoms with Crippen molar-refractivity contribution in [1.82, 2.24) is 10.3 Å². The van der Waals surface area contributed by atoms with Crippen LogP contribution in [0.15, 0.2) is 18.2 Å². The fourth-order valence-electron chi connectivity index (χ4n) is 3.58. The van der Waals surface area contributed by atoms with Crippen LogP contribution in [0.3, 0.4) is 0 Å². The molecule has 4 rings (SSSR count). The fourth-order valence-corrected chi connectivity index (χ4v) is 4.60. The molecule has 4 heteroatoms. The molecule has 2 heterocycles. The van der Waals surface area contributed by atoms with Crippen LogP contribution in [0.1, 0.15) is 43.2 Å². The molecule has 0 radical (unpaired) electrons. The van der Waals surface area contributed by atoms with Crippen molar-refractivity contribution in [3.63, 3.8) is 0 Å². The molecular formula is C15H17FN2S. The van der Waals surface area contributed by atoms with E-state index in [2.05, 4.69) is 10.3 Å². The number of thiazole rings is 1. The van der Waals surface area contributed by atoms with Crippen LogP contribution in [0.5, 0.6) is 0 Å². The average molecular weight is 276 g/mol. The molecule has 19 heavy (non-hydrogen) atoms. The van der Waals surface area contributed by atoms with Gasteiger partial charge in [0, 0.05) is 12.1 Å². The van der Waals surface area contributed by atoms with Crippen LogP contribution in [0, 0.1) is 11.7 Å². The number of benzene rings is 1. The summed E-state index contributed by atoms with van der Waals surface area (Å²) in [6.07, 6.45) is 6.59. The topological polar surface area (TPSA) is 24.9 Å². The lowest BCUT2D eigenvalue weighted by Gasteiger charge is -2.24. The molecule has 3 unspecified atom stereocenters. The molecule has 100 valence electrons. The number of hydrogen-bond acceptors (Lipinski definition) is 3. The van der Waals surface area contributed by atoms with E-state index in [0.717, 1.165) is 21.1 Å². The molecule has 1 aromatic heterocycles. The van der Waals surface area contributed by atoms with E-state index in [1.165, 1.54) is 44.2 Å². The Hall–Kier alpha value is -1.00. The van der Waals surface area contributed by atoms with Crippen LogP contribution in [-0.2, 0) is 0 Å². The Morgan fingerprint density at radius 2 is 2.16 bits per heavy atom. The predicted octanol–water partition coefficient (Wildman–Crippen LogP) is 4.03. The molecule has 2 aliphatic rings. The van der Waals surface area contributed by atoms with E-state index in [0.29, 0.717) is 12.1 Å². The van der Waals surface area contributed by atoms with Gasteiger partial charge in [-0.15, -0.1) is 11.3 Å². The minimum absolute atomic E-state index is 0.197. The summed E-state index contributed by atoms with van der Waals surface area (Å²) < 4.78 is 14.3. The first-order valence-corrected chi connectivity index (χ1v) is 7.93. The minimum atomic E-state index is -0.197. The number of aromatic nitrogens is 1. The van der Waals surface area contributed by atoms with Crippen LogP contribution < -0.4 is 5.32 Å². The van der Waals surface area contributed by atoms with E-state index in [-0.39, 0.29) is 5.82 Å². The Morgan fingerprint density at radius 3 is 3.05 bits per heavy atom. The quantitative estimate of drug-likeness (QED) is 0.850. The van der Waals surface area contributed by atoms with E-state index in [9.17, 15) is 4.39 Å². The van der Waals surface area contributed by atoms with Crippen molar-refractivity contribution in [2.45, 2.75) is 44.2 Å². The van der Waals surface area contributed by atoms with Gasteiger partial charge in [-0.3, -0.25) is 0 Å². The van der Waals surface area contributed by atoms with Crippen LogP contribution >= 0.6 is 11.3 Å². The molecule has 1 saturated carbocycles. The maximum atomic E-state index is 13.2. The minimum Gasteiger partial charge on any atom is -0.305 e. The second-order valence-corrected chi connectivity index (χ2v) is 6.83. The van der Waals surface area contributed by atoms with Gasteiger partial charge in [0.25, 0.3) is 0 Å². The van der Waals surface area contributed by atoms with Gasteiger partial charge in [-0.05, 0) is 37.3 Å². The molecule has 1 aliphatic heterocycles. The highest BCUT2D eigenvalue weighted by Gasteiger charge is 2.36. The van der Waals surface area contributed by atoms with Crippen LogP contribution in [-0.4, -0.2) is 11.0 Å². The van der Waals surface area contributed by atoms with E-state index < -0.39 is 0 Å². The molecule has 2 aromatic rings. The van der Waals surface area contributed by atoms with Gasteiger partial charge in [0.05, 0.1) is 16.3 Å². The van der Waals surface area contributed by atoms with Gasteiger partial charge in [0.15, 0.2) is 0 Å². The summed E-state index contributed by atoms with van der Waals surface area (Å²) in [6, 6.07) is 5.97. The van der Waals surface area contributed by atoms with Crippen molar-refractivity contribution < 1.29 is 4.39 Å². The third-order valence-electron chi connectivity index (χ3n) is 4.53. The lowest BCUT2D eigenvalue weighted by atomic mass is 9.85. The van der Waals surface area contributed by atoms with Crippen LogP contribution in [0.4, 0.5) is 4.39 Å². The second-order valence-electron chi connectivity index (χ2n) is 5.77. The predicted molar refractivity (Wildman–Crippen MR) is 75.8 cm³/mol. The third-order valence-corrected chi connectivity index (χ3v) is 5.68. The van der Waals surface area contributed by atoms with Gasteiger partial charge >= 0.3 is 0 Å². The normalized spacial score (nSPS) is 30.7. The van der Waals surface area contributed by atoms with Gasteiger partial charge in [-0.25, -0.2) is 9.37 Å². The van der Waals surface area contributed by atoms with Gasteiger partial charge in [0.1, 0.15) is 10.8 Å². The summed E-state index contributed by atoms with van der Waals surface area (Å²) in [6.45, 7) is 0. The zero-order valence-corrected chi connectivity index (χ0v) is 11.5. The van der Waals surface area contributed by atoms with Gasteiger partial charge in [0.2, 0.25) is 0 Å². The smallest absolute Gasteiger partial charge is 0.125 e. The summed E-state index contributed by atoms with van der Waals surface area (Å²) in [5.41, 5.74) is 0.802. The van der Waals surface area contributed by atoms with Crippen molar-refractivity contribution in [1.29, 1.82) is 0 Å². The summed E-state index contributed by atoms with van der Waals surface area (Å²) in [5.74, 6) is 0.625. The molecule has 1 aliphatic carbocycles. The molecule has 1 aromatic carbocycles. The summed E-state index contributed by atoms with van der Waals surface area (Å²) in [5, 5.41) is 4.87. The first kappa shape index (κ1) is 11.8. The highest BCUT2D eigenvalue weighted by Crippen LogP contribution is 2.40. The molecular weight excluding hydrogens is 259 g/mol. The molecule has 0 amide bonds. The molecule has 0 spiro atoms. The van der Waals surface area contributed by atoms with Gasteiger partial charge in [-0.2, -0.15) is 0 Å². The Balaban J connectivity index is 1.64. The van der Waals surface area contributed by atoms with Gasteiger partial charge < -0.3 is 5.32 Å². The first-order valence-electron chi connectivity index (χ1n) is 7.11. The van der Waals surface area contributed by atoms with Crippen molar-refractivity contribution >= 4 is 21.6 Å². The number of fused-ring (bicyclic) bond motifs is 2. The summed E-state index contributed by atoms with van der Waals surface area (Å²) >= 11 is 1.71. The van der Waals surface area contributed by atoms with Crippen molar-refractivity contribution in [3.8, 4) is 0 Å². The lowest BCUT2D eigenvalue weighted by Crippen LogP contribution is -2.30. The fraction of sp³-hybridized carbons (Fsp3) is 0.533. The Bertz CT molecular complexity index is 595. The number of nitrogens with zero attached hydrogens (tertiary/aromatic N) is 1.